The van der Waals surface area contributed by atoms with Gasteiger partial charge in [-0.05, 0) is 17.5 Å². The quantitative estimate of drug-likeness (QED) is 0.802. The van der Waals surface area contributed by atoms with E-state index in [1.807, 2.05) is 30.3 Å². The van der Waals surface area contributed by atoms with Gasteiger partial charge in [-0.2, -0.15) is 5.10 Å². The van der Waals surface area contributed by atoms with Gasteiger partial charge < -0.3 is 0 Å². The van der Waals surface area contributed by atoms with Crippen molar-refractivity contribution in [2.45, 2.75) is 11.4 Å². The fraction of sp³-hybridized carbons (Fsp3) is 0.133. The van der Waals surface area contributed by atoms with Crippen LogP contribution in [-0.4, -0.2) is 18.2 Å². The molecule has 0 aliphatic heterocycles. The van der Waals surface area contributed by atoms with Gasteiger partial charge in [-0.25, -0.2) is 13.1 Å². The minimum Gasteiger partial charge on any atom is -0.271 e. The molecule has 0 spiro atoms. The highest BCUT2D eigenvalue weighted by Gasteiger charge is 2.17. The molecule has 0 amide bonds. The lowest BCUT2D eigenvalue weighted by Gasteiger charge is -2.09. The molecular weight excluding hydrogens is 286 g/mol. The summed E-state index contributed by atoms with van der Waals surface area (Å²) in [6.07, 6.45) is 1.64. The molecule has 0 aliphatic rings. The molecule has 1 aromatic heterocycles. The maximum atomic E-state index is 12.5. The van der Waals surface area contributed by atoms with Gasteiger partial charge in [0.05, 0.1) is 17.1 Å². The lowest BCUT2D eigenvalue weighted by atomic mass is 10.1. The van der Waals surface area contributed by atoms with Crippen molar-refractivity contribution in [2.24, 2.45) is 7.05 Å². The zero-order valence-electron chi connectivity index (χ0n) is 11.5. The Labute approximate surface area is 123 Å². The van der Waals surface area contributed by atoms with Crippen molar-refractivity contribution < 1.29 is 8.42 Å². The second-order valence-electron chi connectivity index (χ2n) is 4.75. The van der Waals surface area contributed by atoms with Crippen LogP contribution in [0.2, 0.25) is 0 Å². The molecule has 0 bridgehead atoms. The second-order valence-corrected chi connectivity index (χ2v) is 6.48. The Bertz CT molecular complexity index is 879. The van der Waals surface area contributed by atoms with E-state index in [-0.39, 0.29) is 6.54 Å². The molecule has 6 heteroatoms. The SMILES string of the molecule is Cn1nccc1CNS(=O)(=O)c1cccc2ccccc12. The van der Waals surface area contributed by atoms with Gasteiger partial charge in [0.2, 0.25) is 10.0 Å². The third-order valence-corrected chi connectivity index (χ3v) is 4.86. The van der Waals surface area contributed by atoms with Crippen LogP contribution < -0.4 is 4.72 Å². The topological polar surface area (TPSA) is 64.0 Å². The van der Waals surface area contributed by atoms with Crippen LogP contribution in [0.4, 0.5) is 0 Å². The Morgan fingerprint density at radius 1 is 1.10 bits per heavy atom. The van der Waals surface area contributed by atoms with Gasteiger partial charge in [-0.1, -0.05) is 36.4 Å². The molecular formula is C15H15N3O2S. The highest BCUT2D eigenvalue weighted by atomic mass is 32.2. The summed E-state index contributed by atoms with van der Waals surface area (Å²) in [5.41, 5.74) is 0.804. The number of benzene rings is 2. The van der Waals surface area contributed by atoms with E-state index in [4.69, 9.17) is 0 Å². The van der Waals surface area contributed by atoms with Crippen molar-refractivity contribution in [2.75, 3.05) is 0 Å². The normalized spacial score (nSPS) is 11.9. The van der Waals surface area contributed by atoms with Gasteiger partial charge in [-0.15, -0.1) is 0 Å². The minimum atomic E-state index is -3.57. The molecule has 1 N–H and O–H groups in total. The standard InChI is InChI=1S/C15H15N3O2S/c1-18-13(9-10-16-18)11-17-21(19,20)15-8-4-6-12-5-2-3-7-14(12)15/h2-10,17H,11H2,1H3. The van der Waals surface area contributed by atoms with Crippen LogP contribution in [0.1, 0.15) is 5.69 Å². The zero-order chi connectivity index (χ0) is 14.9. The van der Waals surface area contributed by atoms with Crippen molar-refractivity contribution in [3.8, 4) is 0 Å². The lowest BCUT2D eigenvalue weighted by molar-refractivity contribution is 0.578. The third kappa shape index (κ3) is 2.68. The van der Waals surface area contributed by atoms with E-state index in [0.29, 0.717) is 4.90 Å². The second kappa shape index (κ2) is 5.31. The Morgan fingerprint density at radius 2 is 1.86 bits per heavy atom. The Hall–Kier alpha value is -2.18. The predicted molar refractivity (Wildman–Crippen MR) is 81.2 cm³/mol. The molecule has 0 saturated heterocycles. The first-order valence-electron chi connectivity index (χ1n) is 6.52. The Morgan fingerprint density at radius 3 is 2.62 bits per heavy atom. The van der Waals surface area contributed by atoms with Gasteiger partial charge in [0, 0.05) is 18.6 Å². The molecule has 108 valence electrons. The van der Waals surface area contributed by atoms with E-state index in [2.05, 4.69) is 9.82 Å². The highest BCUT2D eigenvalue weighted by Crippen LogP contribution is 2.22. The Balaban J connectivity index is 1.95. The number of rotatable bonds is 4. The van der Waals surface area contributed by atoms with E-state index in [1.54, 1.807) is 36.1 Å². The summed E-state index contributed by atoms with van der Waals surface area (Å²) in [7, 11) is -1.79. The van der Waals surface area contributed by atoms with Crippen molar-refractivity contribution in [3.05, 3.63) is 60.4 Å². The van der Waals surface area contributed by atoms with Crippen LogP contribution in [0.3, 0.4) is 0 Å². The molecule has 1 heterocycles. The average molecular weight is 301 g/mol. The average Bonchev–Trinajstić information content (AvgIpc) is 2.90. The van der Waals surface area contributed by atoms with Gasteiger partial charge in [0.15, 0.2) is 0 Å². The fourth-order valence-electron chi connectivity index (χ4n) is 2.25. The maximum Gasteiger partial charge on any atom is 0.241 e. The van der Waals surface area contributed by atoms with Crippen molar-refractivity contribution in [1.82, 2.24) is 14.5 Å². The summed E-state index contributed by atoms with van der Waals surface area (Å²) in [5.74, 6) is 0. The van der Waals surface area contributed by atoms with Crippen LogP contribution in [0, 0.1) is 0 Å². The summed E-state index contributed by atoms with van der Waals surface area (Å²) in [6.45, 7) is 0.210. The van der Waals surface area contributed by atoms with Crippen LogP contribution in [0.5, 0.6) is 0 Å². The largest absolute Gasteiger partial charge is 0.271 e. The van der Waals surface area contributed by atoms with Gasteiger partial charge in [-0.3, -0.25) is 4.68 Å². The van der Waals surface area contributed by atoms with E-state index in [1.165, 1.54) is 0 Å². The Kier molecular flexibility index (Phi) is 3.48. The van der Waals surface area contributed by atoms with Crippen LogP contribution in [0.15, 0.2) is 59.6 Å². The fourth-order valence-corrected chi connectivity index (χ4v) is 3.48. The number of nitrogens with zero attached hydrogens (tertiary/aromatic N) is 2. The summed E-state index contributed by atoms with van der Waals surface area (Å²) in [5, 5.41) is 5.65. The monoisotopic (exact) mass is 301 g/mol. The molecule has 0 atom stereocenters. The van der Waals surface area contributed by atoms with Gasteiger partial charge in [0.1, 0.15) is 0 Å². The van der Waals surface area contributed by atoms with Crippen molar-refractivity contribution >= 4 is 20.8 Å². The number of aryl methyl sites for hydroxylation is 1. The molecule has 3 aromatic rings. The first-order chi connectivity index (χ1) is 10.1. The lowest BCUT2D eigenvalue weighted by Crippen LogP contribution is -2.24. The first kappa shape index (κ1) is 13.8. The molecule has 5 nitrogen and oxygen atoms in total. The molecule has 0 fully saturated rings. The first-order valence-corrected chi connectivity index (χ1v) is 8.00. The molecule has 0 saturated carbocycles. The number of hydrogen-bond donors (Lipinski definition) is 1. The minimum absolute atomic E-state index is 0.210. The van der Waals surface area contributed by atoms with Crippen LogP contribution in [-0.2, 0) is 23.6 Å². The number of hydrogen-bond acceptors (Lipinski definition) is 3. The highest BCUT2D eigenvalue weighted by molar-refractivity contribution is 7.89. The van der Waals surface area contributed by atoms with Crippen LogP contribution in [0.25, 0.3) is 10.8 Å². The van der Waals surface area contributed by atoms with Crippen molar-refractivity contribution in [3.63, 3.8) is 0 Å². The summed E-state index contributed by atoms with van der Waals surface area (Å²) >= 11 is 0. The number of sulfonamides is 1. The van der Waals surface area contributed by atoms with E-state index in [9.17, 15) is 8.42 Å². The number of fused-ring (bicyclic) bond motifs is 1. The molecule has 0 unspecified atom stereocenters. The summed E-state index contributed by atoms with van der Waals surface area (Å²) in [4.78, 5) is 0.294. The van der Waals surface area contributed by atoms with Gasteiger partial charge >= 0.3 is 0 Å². The number of aromatic nitrogens is 2. The van der Waals surface area contributed by atoms with E-state index in [0.717, 1.165) is 16.5 Å². The maximum absolute atomic E-state index is 12.5. The number of nitrogens with one attached hydrogen (secondary N) is 1. The molecule has 2 aromatic carbocycles. The van der Waals surface area contributed by atoms with E-state index < -0.39 is 10.0 Å². The zero-order valence-corrected chi connectivity index (χ0v) is 12.3. The van der Waals surface area contributed by atoms with E-state index >= 15 is 0 Å². The smallest absolute Gasteiger partial charge is 0.241 e. The predicted octanol–water partition coefficient (Wildman–Crippen LogP) is 2.05. The summed E-state index contributed by atoms with van der Waals surface area (Å²) < 4.78 is 29.3. The van der Waals surface area contributed by atoms with Crippen LogP contribution >= 0.6 is 0 Å². The molecule has 0 radical (unpaired) electrons. The molecule has 21 heavy (non-hydrogen) atoms. The third-order valence-electron chi connectivity index (χ3n) is 3.40. The summed E-state index contributed by atoms with van der Waals surface area (Å²) in [6, 6.07) is 14.5. The van der Waals surface area contributed by atoms with Gasteiger partial charge in [0.25, 0.3) is 0 Å². The van der Waals surface area contributed by atoms with Crippen molar-refractivity contribution in [1.29, 1.82) is 0 Å². The molecule has 3 rings (SSSR count). The molecule has 0 aliphatic carbocycles.